The van der Waals surface area contributed by atoms with Crippen molar-refractivity contribution < 1.29 is 29.5 Å². The summed E-state index contributed by atoms with van der Waals surface area (Å²) in [5.41, 5.74) is -1.31. The van der Waals surface area contributed by atoms with Crippen molar-refractivity contribution in [2.45, 2.75) is 78.3 Å². The third-order valence-corrected chi connectivity index (χ3v) is 1.76. The number of carboxylic acid groups (broad SMARTS) is 1. The second-order valence-corrected chi connectivity index (χ2v) is 6.37. The van der Waals surface area contributed by atoms with Crippen molar-refractivity contribution in [1.29, 1.82) is 0 Å². The second kappa shape index (κ2) is 6.65. The topological polar surface area (TPSA) is 74.2 Å². The fourth-order valence-corrected chi connectivity index (χ4v) is 0.989. The lowest BCUT2D eigenvalue weighted by Gasteiger charge is -2.32. The number of rotatable bonds is 7. The first-order chi connectivity index (χ1) is 8.42. The van der Waals surface area contributed by atoms with Crippen LogP contribution in [-0.2, 0) is 24.3 Å². The molecule has 0 rings (SSSR count). The van der Waals surface area contributed by atoms with E-state index < -0.39 is 23.0 Å². The van der Waals surface area contributed by atoms with Crippen LogP contribution in [0.3, 0.4) is 0 Å². The zero-order valence-electron chi connectivity index (χ0n) is 12.9. The molecule has 114 valence electrons. The van der Waals surface area contributed by atoms with Crippen LogP contribution in [0.5, 0.6) is 0 Å². The molecule has 0 radical (unpaired) electrons. The summed E-state index contributed by atoms with van der Waals surface area (Å²) in [5, 5.41) is 9.34. The van der Waals surface area contributed by atoms with E-state index in [2.05, 4.69) is 0 Å². The monoisotopic (exact) mass is 278 g/mol. The van der Waals surface area contributed by atoms with E-state index in [1.54, 1.807) is 41.5 Å². The summed E-state index contributed by atoms with van der Waals surface area (Å²) in [4.78, 5) is 31.7. The number of carbonyl (C=O) groups is 1. The molecule has 0 aromatic heterocycles. The van der Waals surface area contributed by atoms with Crippen molar-refractivity contribution >= 4 is 5.97 Å². The predicted molar refractivity (Wildman–Crippen MR) is 69.1 cm³/mol. The van der Waals surface area contributed by atoms with Gasteiger partial charge in [0.2, 0.25) is 0 Å². The van der Waals surface area contributed by atoms with Gasteiger partial charge < -0.3 is 5.11 Å². The van der Waals surface area contributed by atoms with Crippen LogP contribution >= 0.6 is 0 Å². The molecule has 19 heavy (non-hydrogen) atoms. The molecule has 0 saturated heterocycles. The summed E-state index contributed by atoms with van der Waals surface area (Å²) in [7, 11) is 0. The zero-order chi connectivity index (χ0) is 15.3. The molecule has 0 saturated carbocycles. The van der Waals surface area contributed by atoms with E-state index in [4.69, 9.17) is 19.6 Å². The SMILES string of the molecule is CCCC(OOC(C)(C)C)(OOC(C)(C)C)C(=O)O. The van der Waals surface area contributed by atoms with Crippen LogP contribution in [0.4, 0.5) is 0 Å². The maximum Gasteiger partial charge on any atom is 0.370 e. The Balaban J connectivity index is 4.92. The predicted octanol–water partition coefficient (Wildman–Crippen LogP) is 3.06. The Morgan fingerprint density at radius 1 is 0.895 bits per heavy atom. The molecule has 0 aliphatic carbocycles. The molecule has 6 nitrogen and oxygen atoms in total. The molecular formula is C13H26O6. The van der Waals surface area contributed by atoms with E-state index in [1.165, 1.54) is 0 Å². The van der Waals surface area contributed by atoms with Gasteiger partial charge in [0.05, 0.1) is 11.2 Å². The van der Waals surface area contributed by atoms with E-state index in [1.807, 2.05) is 6.92 Å². The number of hydrogen-bond acceptors (Lipinski definition) is 5. The summed E-state index contributed by atoms with van der Waals surface area (Å²) in [6.07, 6.45) is 0.641. The van der Waals surface area contributed by atoms with Crippen LogP contribution < -0.4 is 0 Å². The van der Waals surface area contributed by atoms with Gasteiger partial charge in [-0.1, -0.05) is 13.3 Å². The first-order valence-electron chi connectivity index (χ1n) is 6.39. The van der Waals surface area contributed by atoms with Gasteiger partial charge in [-0.3, -0.25) is 0 Å². The van der Waals surface area contributed by atoms with Crippen molar-refractivity contribution in [2.75, 3.05) is 0 Å². The quantitative estimate of drug-likeness (QED) is 0.438. The van der Waals surface area contributed by atoms with Crippen molar-refractivity contribution in [3.05, 3.63) is 0 Å². The Kier molecular flexibility index (Phi) is 6.41. The van der Waals surface area contributed by atoms with Gasteiger partial charge in [0.15, 0.2) is 0 Å². The van der Waals surface area contributed by atoms with Crippen LogP contribution in [0.2, 0.25) is 0 Å². The normalized spacial score (nSPS) is 13.6. The molecule has 0 bridgehead atoms. The van der Waals surface area contributed by atoms with E-state index in [-0.39, 0.29) is 6.42 Å². The van der Waals surface area contributed by atoms with Gasteiger partial charge in [-0.05, 0) is 41.5 Å². The highest BCUT2D eigenvalue weighted by Crippen LogP contribution is 2.26. The molecule has 0 aliphatic heterocycles. The summed E-state index contributed by atoms with van der Waals surface area (Å²) in [5.74, 6) is -3.25. The molecule has 1 N–H and O–H groups in total. The van der Waals surface area contributed by atoms with Gasteiger partial charge in [0.1, 0.15) is 0 Å². The fourth-order valence-electron chi connectivity index (χ4n) is 0.989. The van der Waals surface area contributed by atoms with E-state index in [9.17, 15) is 9.90 Å². The minimum absolute atomic E-state index is 0.106. The Morgan fingerprint density at radius 2 is 1.26 bits per heavy atom. The Labute approximate surface area is 114 Å². The Morgan fingerprint density at radius 3 is 1.47 bits per heavy atom. The van der Waals surface area contributed by atoms with Gasteiger partial charge in [-0.25, -0.2) is 14.6 Å². The summed E-state index contributed by atoms with van der Waals surface area (Å²) >= 11 is 0. The van der Waals surface area contributed by atoms with Crippen LogP contribution in [0.1, 0.15) is 61.3 Å². The average molecular weight is 278 g/mol. The largest absolute Gasteiger partial charge is 0.477 e. The van der Waals surface area contributed by atoms with Gasteiger partial charge in [-0.15, -0.1) is 0 Å². The first-order valence-corrected chi connectivity index (χ1v) is 6.39. The molecule has 0 heterocycles. The van der Waals surface area contributed by atoms with Crippen molar-refractivity contribution in [3.63, 3.8) is 0 Å². The van der Waals surface area contributed by atoms with Gasteiger partial charge >= 0.3 is 11.8 Å². The highest BCUT2D eigenvalue weighted by atomic mass is 17.3. The minimum Gasteiger partial charge on any atom is -0.477 e. The van der Waals surface area contributed by atoms with Gasteiger partial charge in [0.25, 0.3) is 0 Å². The van der Waals surface area contributed by atoms with Gasteiger partial charge in [-0.2, -0.15) is 9.78 Å². The fraction of sp³-hybridized carbons (Fsp3) is 0.923. The lowest BCUT2D eigenvalue weighted by Crippen LogP contribution is -2.47. The van der Waals surface area contributed by atoms with Crippen LogP contribution in [0.25, 0.3) is 0 Å². The molecule has 6 heteroatoms. The molecule has 0 aromatic carbocycles. The summed E-state index contributed by atoms with van der Waals surface area (Å²) in [6, 6.07) is 0. The smallest absolute Gasteiger partial charge is 0.370 e. The maximum atomic E-state index is 11.4. The highest BCUT2D eigenvalue weighted by Gasteiger charge is 2.46. The van der Waals surface area contributed by atoms with Crippen LogP contribution in [0, 0.1) is 0 Å². The Bertz CT molecular complexity index is 268. The molecule has 0 aromatic rings. The third-order valence-electron chi connectivity index (χ3n) is 1.76. The van der Waals surface area contributed by atoms with E-state index >= 15 is 0 Å². The molecule has 0 atom stereocenters. The van der Waals surface area contributed by atoms with Crippen molar-refractivity contribution in [2.24, 2.45) is 0 Å². The average Bonchev–Trinajstić information content (AvgIpc) is 2.19. The summed E-state index contributed by atoms with van der Waals surface area (Å²) in [6.45, 7) is 12.3. The van der Waals surface area contributed by atoms with Crippen molar-refractivity contribution in [1.82, 2.24) is 0 Å². The minimum atomic E-state index is -1.96. The Hall–Kier alpha value is -0.690. The molecule has 0 aliphatic rings. The highest BCUT2D eigenvalue weighted by molar-refractivity contribution is 5.75. The lowest BCUT2D eigenvalue weighted by atomic mass is 10.1. The lowest BCUT2D eigenvalue weighted by molar-refractivity contribution is -0.528. The number of carboxylic acids is 1. The third kappa shape index (κ3) is 7.47. The molecular weight excluding hydrogens is 252 g/mol. The maximum absolute atomic E-state index is 11.4. The second-order valence-electron chi connectivity index (χ2n) is 6.37. The standard InChI is InChI=1S/C13H26O6/c1-8-9-13(10(14)15,18-16-11(2,3)4)19-17-12(5,6)7/h8-9H2,1-7H3,(H,14,15). The molecule has 0 amide bonds. The summed E-state index contributed by atoms with van der Waals surface area (Å²) < 4.78 is 0. The van der Waals surface area contributed by atoms with Crippen molar-refractivity contribution in [3.8, 4) is 0 Å². The zero-order valence-corrected chi connectivity index (χ0v) is 12.9. The molecule has 0 unspecified atom stereocenters. The molecule has 0 fully saturated rings. The van der Waals surface area contributed by atoms with Crippen LogP contribution in [0.15, 0.2) is 0 Å². The number of aliphatic carboxylic acids is 1. The number of hydrogen-bond donors (Lipinski definition) is 1. The van der Waals surface area contributed by atoms with Crippen LogP contribution in [-0.4, -0.2) is 28.1 Å². The van der Waals surface area contributed by atoms with E-state index in [0.29, 0.717) is 6.42 Å². The molecule has 0 spiro atoms. The van der Waals surface area contributed by atoms with E-state index in [0.717, 1.165) is 0 Å². The first kappa shape index (κ1) is 18.3. The van der Waals surface area contributed by atoms with Gasteiger partial charge in [0, 0.05) is 6.42 Å².